The SMILES string of the molecule is O=c1[nH]cnc2c1ncn2C[C@H](CF)OCP(=O)(O)O. The Labute approximate surface area is 111 Å². The fourth-order valence-electron chi connectivity index (χ4n) is 1.59. The number of hydrogen-bond donors (Lipinski definition) is 3. The Morgan fingerprint density at radius 2 is 2.25 bits per heavy atom. The Morgan fingerprint density at radius 1 is 1.50 bits per heavy atom. The monoisotopic (exact) mass is 306 g/mol. The van der Waals surface area contributed by atoms with Gasteiger partial charge in [0.25, 0.3) is 5.56 Å². The van der Waals surface area contributed by atoms with E-state index in [-0.39, 0.29) is 17.7 Å². The summed E-state index contributed by atoms with van der Waals surface area (Å²) in [5, 5.41) is 0. The second kappa shape index (κ2) is 5.80. The molecule has 0 saturated heterocycles. The second-order valence-corrected chi connectivity index (χ2v) is 5.63. The number of alkyl halides is 1. The summed E-state index contributed by atoms with van der Waals surface area (Å²) in [6, 6.07) is 0. The molecule has 0 aliphatic rings. The molecular weight excluding hydrogens is 294 g/mol. The number of imidazole rings is 1. The van der Waals surface area contributed by atoms with E-state index in [9.17, 15) is 13.8 Å². The van der Waals surface area contributed by atoms with E-state index in [1.807, 2.05) is 0 Å². The lowest BCUT2D eigenvalue weighted by Crippen LogP contribution is -2.23. The third kappa shape index (κ3) is 3.48. The predicted octanol–water partition coefficient (Wildman–Crippen LogP) is -0.391. The van der Waals surface area contributed by atoms with Crippen LogP contribution in [0.25, 0.3) is 11.2 Å². The van der Waals surface area contributed by atoms with E-state index in [2.05, 4.69) is 15.0 Å². The third-order valence-corrected chi connectivity index (χ3v) is 2.94. The first kappa shape index (κ1) is 14.8. The minimum absolute atomic E-state index is 0.0660. The first-order valence-electron chi connectivity index (χ1n) is 5.51. The smallest absolute Gasteiger partial charge is 0.350 e. The lowest BCUT2D eigenvalue weighted by Gasteiger charge is -2.15. The van der Waals surface area contributed by atoms with Crippen molar-refractivity contribution in [3.63, 3.8) is 0 Å². The molecule has 2 heterocycles. The number of halogens is 1. The molecule has 110 valence electrons. The van der Waals surface area contributed by atoms with Gasteiger partial charge in [0, 0.05) is 0 Å². The number of nitrogens with zero attached hydrogens (tertiary/aromatic N) is 3. The molecule has 0 amide bonds. The van der Waals surface area contributed by atoms with Crippen molar-refractivity contribution in [2.24, 2.45) is 0 Å². The highest BCUT2D eigenvalue weighted by atomic mass is 31.2. The molecule has 0 radical (unpaired) electrons. The quantitative estimate of drug-likeness (QED) is 0.619. The van der Waals surface area contributed by atoms with Crippen LogP contribution in [0.4, 0.5) is 4.39 Å². The van der Waals surface area contributed by atoms with Crippen LogP contribution in [-0.4, -0.2) is 48.4 Å². The number of rotatable bonds is 6. The summed E-state index contributed by atoms with van der Waals surface area (Å²) in [4.78, 5) is 38.9. The van der Waals surface area contributed by atoms with E-state index in [0.717, 1.165) is 0 Å². The zero-order chi connectivity index (χ0) is 14.8. The molecule has 0 aliphatic carbocycles. The Morgan fingerprint density at radius 3 is 2.90 bits per heavy atom. The van der Waals surface area contributed by atoms with Gasteiger partial charge in [-0.1, -0.05) is 0 Å². The van der Waals surface area contributed by atoms with Crippen molar-refractivity contribution in [1.29, 1.82) is 0 Å². The third-order valence-electron chi connectivity index (χ3n) is 2.46. The van der Waals surface area contributed by atoms with E-state index in [1.165, 1.54) is 17.2 Å². The molecule has 0 aromatic carbocycles. The number of hydrogen-bond acceptors (Lipinski definition) is 5. The van der Waals surface area contributed by atoms with Crippen LogP contribution in [0, 0.1) is 0 Å². The highest BCUT2D eigenvalue weighted by Crippen LogP contribution is 2.34. The summed E-state index contributed by atoms with van der Waals surface area (Å²) in [5.41, 5.74) is -0.0891. The fourth-order valence-corrected chi connectivity index (χ4v) is 2.00. The fraction of sp³-hybridized carbons (Fsp3) is 0.444. The summed E-state index contributed by atoms with van der Waals surface area (Å²) >= 11 is 0. The van der Waals surface area contributed by atoms with Crippen molar-refractivity contribution in [3.05, 3.63) is 23.0 Å². The van der Waals surface area contributed by atoms with Gasteiger partial charge in [-0.3, -0.25) is 9.36 Å². The van der Waals surface area contributed by atoms with E-state index in [4.69, 9.17) is 14.5 Å². The molecule has 0 saturated carbocycles. The van der Waals surface area contributed by atoms with Crippen molar-refractivity contribution in [2.45, 2.75) is 12.6 Å². The molecule has 0 fully saturated rings. The van der Waals surface area contributed by atoms with Crippen molar-refractivity contribution in [2.75, 3.05) is 13.0 Å². The maximum Gasteiger partial charge on any atom is 0.350 e. The normalized spacial score (nSPS) is 13.8. The maximum absolute atomic E-state index is 12.8. The Hall–Kier alpha value is -1.61. The van der Waals surface area contributed by atoms with Crippen LogP contribution >= 0.6 is 7.60 Å². The van der Waals surface area contributed by atoms with Gasteiger partial charge in [0.2, 0.25) is 0 Å². The summed E-state index contributed by atoms with van der Waals surface area (Å²) in [7, 11) is -4.36. The van der Waals surface area contributed by atoms with E-state index in [0.29, 0.717) is 0 Å². The number of nitrogens with one attached hydrogen (secondary N) is 1. The van der Waals surface area contributed by atoms with Crippen LogP contribution in [-0.2, 0) is 15.8 Å². The summed E-state index contributed by atoms with van der Waals surface area (Å²) < 4.78 is 29.7. The Balaban J connectivity index is 2.16. The standard InChI is InChI=1S/C9H12FN4O5P/c10-1-6(19-5-20(16,17)18)2-14-4-13-7-8(14)11-3-12-9(7)15/h3-4,6H,1-2,5H2,(H,11,12,15)(H2,16,17,18)/t6-/m0/s1. The first-order chi connectivity index (χ1) is 9.40. The molecule has 3 N–H and O–H groups in total. The van der Waals surface area contributed by atoms with Crippen molar-refractivity contribution >= 4 is 18.8 Å². The van der Waals surface area contributed by atoms with Gasteiger partial charge in [0.15, 0.2) is 11.2 Å². The van der Waals surface area contributed by atoms with Crippen molar-refractivity contribution < 1.29 is 23.5 Å². The van der Waals surface area contributed by atoms with Crippen LogP contribution in [0.3, 0.4) is 0 Å². The van der Waals surface area contributed by atoms with Gasteiger partial charge in [-0.15, -0.1) is 0 Å². The Kier molecular flexibility index (Phi) is 4.29. The predicted molar refractivity (Wildman–Crippen MR) is 65.9 cm³/mol. The first-order valence-corrected chi connectivity index (χ1v) is 7.31. The molecule has 0 bridgehead atoms. The van der Waals surface area contributed by atoms with E-state index in [1.54, 1.807) is 0 Å². The highest BCUT2D eigenvalue weighted by Gasteiger charge is 2.19. The average Bonchev–Trinajstić information content (AvgIpc) is 2.78. The van der Waals surface area contributed by atoms with Gasteiger partial charge < -0.3 is 24.1 Å². The minimum atomic E-state index is -4.36. The summed E-state index contributed by atoms with van der Waals surface area (Å²) in [6.07, 6.45) is 0.531. The number of ether oxygens (including phenoxy) is 1. The van der Waals surface area contributed by atoms with Gasteiger partial charge in [0.05, 0.1) is 19.2 Å². The molecule has 2 aromatic rings. The van der Waals surface area contributed by atoms with Gasteiger partial charge in [-0.2, -0.15) is 0 Å². The molecule has 1 atom stereocenters. The largest absolute Gasteiger partial charge is 0.361 e. The Bertz CT molecular complexity index is 695. The van der Waals surface area contributed by atoms with Gasteiger partial charge in [0.1, 0.15) is 19.1 Å². The summed E-state index contributed by atoms with van der Waals surface area (Å²) in [5.74, 6) is 0. The van der Waals surface area contributed by atoms with Crippen LogP contribution in [0.2, 0.25) is 0 Å². The van der Waals surface area contributed by atoms with Crippen LogP contribution < -0.4 is 5.56 Å². The molecule has 11 heteroatoms. The van der Waals surface area contributed by atoms with Gasteiger partial charge >= 0.3 is 7.60 Å². The highest BCUT2D eigenvalue weighted by molar-refractivity contribution is 7.51. The van der Waals surface area contributed by atoms with Crippen LogP contribution in [0.15, 0.2) is 17.4 Å². The molecule has 9 nitrogen and oxygen atoms in total. The van der Waals surface area contributed by atoms with E-state index >= 15 is 0 Å². The lowest BCUT2D eigenvalue weighted by molar-refractivity contribution is 0.0445. The molecule has 2 rings (SSSR count). The number of fused-ring (bicyclic) bond motifs is 1. The maximum atomic E-state index is 12.8. The zero-order valence-corrected chi connectivity index (χ0v) is 11.0. The lowest BCUT2D eigenvalue weighted by atomic mass is 10.4. The number of aromatic amines is 1. The molecule has 2 aromatic heterocycles. The van der Waals surface area contributed by atoms with E-state index < -0.39 is 32.3 Å². The van der Waals surface area contributed by atoms with Crippen LogP contribution in [0.1, 0.15) is 0 Å². The minimum Gasteiger partial charge on any atom is -0.361 e. The van der Waals surface area contributed by atoms with Crippen molar-refractivity contribution in [1.82, 2.24) is 19.5 Å². The van der Waals surface area contributed by atoms with Crippen molar-refractivity contribution in [3.8, 4) is 0 Å². The topological polar surface area (TPSA) is 130 Å². The van der Waals surface area contributed by atoms with Gasteiger partial charge in [-0.25, -0.2) is 14.4 Å². The average molecular weight is 306 g/mol. The number of aromatic nitrogens is 4. The number of H-pyrrole nitrogens is 1. The zero-order valence-electron chi connectivity index (χ0n) is 10.1. The molecule has 0 aliphatic heterocycles. The molecule has 20 heavy (non-hydrogen) atoms. The van der Waals surface area contributed by atoms with Gasteiger partial charge in [-0.05, 0) is 0 Å². The molecule has 0 unspecified atom stereocenters. The second-order valence-electron chi connectivity index (χ2n) is 4.04. The summed E-state index contributed by atoms with van der Waals surface area (Å²) in [6.45, 7) is -1.01. The molecule has 0 spiro atoms. The van der Waals surface area contributed by atoms with Crippen LogP contribution in [0.5, 0.6) is 0 Å². The molecular formula is C9H12FN4O5P.